The Balaban J connectivity index is 2.07. The molecule has 0 amide bonds. The van der Waals surface area contributed by atoms with Crippen molar-refractivity contribution < 1.29 is 9.90 Å². The zero-order valence-electron chi connectivity index (χ0n) is 12.9. The van der Waals surface area contributed by atoms with Gasteiger partial charge in [-0.3, -0.25) is 0 Å². The van der Waals surface area contributed by atoms with E-state index in [4.69, 9.17) is 5.11 Å². The summed E-state index contributed by atoms with van der Waals surface area (Å²) in [5.74, 6) is 0.0289. The van der Waals surface area contributed by atoms with Crippen LogP contribution in [-0.2, 0) is 6.54 Å². The largest absolute Gasteiger partial charge is 0.478 e. The SMILES string of the molecule is Cc1cc2nc(C)n(Cc3cccc(C(=O)O)c3)c2cc1C. The molecule has 112 valence electrons. The van der Waals surface area contributed by atoms with Crippen molar-refractivity contribution in [2.45, 2.75) is 27.3 Å². The Morgan fingerprint density at radius 1 is 1.14 bits per heavy atom. The second-order valence-corrected chi connectivity index (χ2v) is 5.68. The molecule has 3 rings (SSSR count). The number of hydrogen-bond donors (Lipinski definition) is 1. The molecule has 0 aliphatic carbocycles. The van der Waals surface area contributed by atoms with E-state index in [0.717, 1.165) is 22.4 Å². The number of aromatic carboxylic acids is 1. The molecule has 3 aromatic rings. The third kappa shape index (κ3) is 2.48. The van der Waals surface area contributed by atoms with E-state index in [9.17, 15) is 4.79 Å². The van der Waals surface area contributed by atoms with Crippen molar-refractivity contribution in [3.63, 3.8) is 0 Å². The van der Waals surface area contributed by atoms with E-state index in [0.29, 0.717) is 12.1 Å². The van der Waals surface area contributed by atoms with Gasteiger partial charge in [-0.05, 0) is 61.7 Å². The molecule has 4 heteroatoms. The summed E-state index contributed by atoms with van der Waals surface area (Å²) in [7, 11) is 0. The topological polar surface area (TPSA) is 55.1 Å². The summed E-state index contributed by atoms with van der Waals surface area (Å²) >= 11 is 0. The number of benzene rings is 2. The third-order valence-electron chi connectivity index (χ3n) is 4.07. The molecule has 1 aromatic heterocycles. The molecule has 0 aliphatic rings. The first-order valence-corrected chi connectivity index (χ1v) is 7.22. The van der Waals surface area contributed by atoms with E-state index in [2.05, 4.69) is 35.5 Å². The van der Waals surface area contributed by atoms with Crippen molar-refractivity contribution >= 4 is 17.0 Å². The lowest BCUT2D eigenvalue weighted by Crippen LogP contribution is -2.04. The Hall–Kier alpha value is -2.62. The molecule has 2 aromatic carbocycles. The van der Waals surface area contributed by atoms with Gasteiger partial charge in [0.15, 0.2) is 0 Å². The van der Waals surface area contributed by atoms with Gasteiger partial charge in [-0.25, -0.2) is 9.78 Å². The molecular formula is C18H18N2O2. The standard InChI is InChI=1S/C18H18N2O2/c1-11-7-16-17(8-12(11)2)20(13(3)19-16)10-14-5-4-6-15(9-14)18(21)22/h4-9H,10H2,1-3H3,(H,21,22). The molecule has 1 N–H and O–H groups in total. The second kappa shape index (κ2) is 5.30. The maximum atomic E-state index is 11.1. The van der Waals surface area contributed by atoms with E-state index in [1.54, 1.807) is 18.2 Å². The second-order valence-electron chi connectivity index (χ2n) is 5.68. The van der Waals surface area contributed by atoms with Gasteiger partial charge >= 0.3 is 5.97 Å². The van der Waals surface area contributed by atoms with Crippen molar-refractivity contribution in [2.24, 2.45) is 0 Å². The van der Waals surface area contributed by atoms with Crippen LogP contribution in [-0.4, -0.2) is 20.6 Å². The first kappa shape index (κ1) is 14.3. The van der Waals surface area contributed by atoms with Crippen molar-refractivity contribution in [3.8, 4) is 0 Å². The van der Waals surface area contributed by atoms with Gasteiger partial charge < -0.3 is 9.67 Å². The van der Waals surface area contributed by atoms with E-state index in [-0.39, 0.29) is 0 Å². The predicted octanol–water partition coefficient (Wildman–Crippen LogP) is 3.71. The number of nitrogens with zero attached hydrogens (tertiary/aromatic N) is 2. The minimum atomic E-state index is -0.902. The summed E-state index contributed by atoms with van der Waals surface area (Å²) in [6.07, 6.45) is 0. The van der Waals surface area contributed by atoms with Crippen LogP contribution in [0.15, 0.2) is 36.4 Å². The van der Waals surface area contributed by atoms with Crippen LogP contribution >= 0.6 is 0 Å². The Morgan fingerprint density at radius 2 is 1.86 bits per heavy atom. The first-order valence-electron chi connectivity index (χ1n) is 7.22. The van der Waals surface area contributed by atoms with Crippen LogP contribution in [0.1, 0.15) is 32.9 Å². The Bertz CT molecular complexity index is 878. The summed E-state index contributed by atoms with van der Waals surface area (Å²) < 4.78 is 2.13. The molecule has 0 atom stereocenters. The summed E-state index contributed by atoms with van der Waals surface area (Å²) in [5.41, 5.74) is 5.79. The van der Waals surface area contributed by atoms with Gasteiger partial charge in [-0.15, -0.1) is 0 Å². The van der Waals surface area contributed by atoms with Crippen molar-refractivity contribution in [3.05, 3.63) is 64.5 Å². The molecule has 0 spiro atoms. The van der Waals surface area contributed by atoms with Gasteiger partial charge in [-0.1, -0.05) is 12.1 Å². The lowest BCUT2D eigenvalue weighted by molar-refractivity contribution is 0.0696. The zero-order valence-corrected chi connectivity index (χ0v) is 12.9. The normalized spacial score (nSPS) is 11.0. The smallest absolute Gasteiger partial charge is 0.335 e. The van der Waals surface area contributed by atoms with Gasteiger partial charge in [-0.2, -0.15) is 0 Å². The minimum Gasteiger partial charge on any atom is -0.478 e. The average Bonchev–Trinajstić information content (AvgIpc) is 2.76. The average molecular weight is 294 g/mol. The molecule has 0 unspecified atom stereocenters. The third-order valence-corrected chi connectivity index (χ3v) is 4.07. The van der Waals surface area contributed by atoms with Crippen LogP contribution in [0.5, 0.6) is 0 Å². The summed E-state index contributed by atoms with van der Waals surface area (Å²) in [6, 6.07) is 11.3. The Kier molecular flexibility index (Phi) is 3.45. The summed E-state index contributed by atoms with van der Waals surface area (Å²) in [5, 5.41) is 9.11. The van der Waals surface area contributed by atoms with Gasteiger partial charge in [0, 0.05) is 6.54 Å². The van der Waals surface area contributed by atoms with Crippen molar-refractivity contribution in [1.82, 2.24) is 9.55 Å². The van der Waals surface area contributed by atoms with Crippen LogP contribution in [0, 0.1) is 20.8 Å². The van der Waals surface area contributed by atoms with Gasteiger partial charge in [0.1, 0.15) is 5.82 Å². The highest BCUT2D eigenvalue weighted by Crippen LogP contribution is 2.22. The molecule has 4 nitrogen and oxygen atoms in total. The van der Waals surface area contributed by atoms with Crippen LogP contribution < -0.4 is 0 Å². The number of carbonyl (C=O) groups is 1. The first-order chi connectivity index (χ1) is 10.5. The minimum absolute atomic E-state index is 0.312. The molecule has 0 saturated heterocycles. The number of hydrogen-bond acceptors (Lipinski definition) is 2. The lowest BCUT2D eigenvalue weighted by Gasteiger charge is -2.09. The molecule has 0 bridgehead atoms. The van der Waals surface area contributed by atoms with E-state index >= 15 is 0 Å². The Labute approximate surface area is 129 Å². The van der Waals surface area contributed by atoms with Crippen LogP contribution in [0.4, 0.5) is 0 Å². The van der Waals surface area contributed by atoms with E-state index in [1.807, 2.05) is 13.0 Å². The van der Waals surface area contributed by atoms with Crippen LogP contribution in [0.25, 0.3) is 11.0 Å². The molecule has 0 saturated carbocycles. The van der Waals surface area contributed by atoms with Gasteiger partial charge in [0.2, 0.25) is 0 Å². The van der Waals surface area contributed by atoms with Crippen LogP contribution in [0.3, 0.4) is 0 Å². The number of fused-ring (bicyclic) bond motifs is 1. The lowest BCUT2D eigenvalue weighted by atomic mass is 10.1. The molecule has 0 fully saturated rings. The fourth-order valence-corrected chi connectivity index (χ4v) is 2.69. The fourth-order valence-electron chi connectivity index (χ4n) is 2.69. The van der Waals surface area contributed by atoms with E-state index in [1.165, 1.54) is 11.1 Å². The van der Waals surface area contributed by atoms with Gasteiger partial charge in [0.25, 0.3) is 0 Å². The summed E-state index contributed by atoms with van der Waals surface area (Å²) in [6.45, 7) is 6.77. The zero-order chi connectivity index (χ0) is 15.9. The molecular weight excluding hydrogens is 276 g/mol. The van der Waals surface area contributed by atoms with Crippen LogP contribution in [0.2, 0.25) is 0 Å². The highest BCUT2D eigenvalue weighted by Gasteiger charge is 2.10. The maximum absolute atomic E-state index is 11.1. The number of rotatable bonds is 3. The number of aryl methyl sites for hydroxylation is 3. The summed E-state index contributed by atoms with van der Waals surface area (Å²) in [4.78, 5) is 15.7. The monoisotopic (exact) mass is 294 g/mol. The molecule has 1 heterocycles. The molecule has 22 heavy (non-hydrogen) atoms. The predicted molar refractivity (Wildman–Crippen MR) is 86.4 cm³/mol. The Morgan fingerprint density at radius 3 is 2.59 bits per heavy atom. The van der Waals surface area contributed by atoms with Crippen molar-refractivity contribution in [2.75, 3.05) is 0 Å². The quantitative estimate of drug-likeness (QED) is 0.801. The highest BCUT2D eigenvalue weighted by molar-refractivity contribution is 5.87. The van der Waals surface area contributed by atoms with Crippen molar-refractivity contribution in [1.29, 1.82) is 0 Å². The van der Waals surface area contributed by atoms with E-state index < -0.39 is 5.97 Å². The number of imidazole rings is 1. The number of aromatic nitrogens is 2. The highest BCUT2D eigenvalue weighted by atomic mass is 16.4. The maximum Gasteiger partial charge on any atom is 0.335 e. The van der Waals surface area contributed by atoms with Gasteiger partial charge in [0.05, 0.1) is 16.6 Å². The number of carboxylic acids is 1. The molecule has 0 aliphatic heterocycles. The molecule has 0 radical (unpaired) electrons. The fraction of sp³-hybridized carbons (Fsp3) is 0.222. The number of carboxylic acid groups (broad SMARTS) is 1.